The first-order valence-electron chi connectivity index (χ1n) is 10.9. The fraction of sp³-hybridized carbons (Fsp3) is 0.148. The summed E-state index contributed by atoms with van der Waals surface area (Å²) in [7, 11) is 3.06. The van der Waals surface area contributed by atoms with Crippen LogP contribution in [-0.2, 0) is 9.59 Å². The average Bonchev–Trinajstić information content (AvgIpc) is 3.20. The molecule has 0 saturated carbocycles. The van der Waals surface area contributed by atoms with E-state index in [9.17, 15) is 19.5 Å². The largest absolute Gasteiger partial charge is 0.497 e. The Morgan fingerprint density at radius 1 is 1.00 bits per heavy atom. The van der Waals surface area contributed by atoms with Gasteiger partial charge in [-0.3, -0.25) is 9.59 Å². The van der Waals surface area contributed by atoms with Crippen LogP contribution in [0.3, 0.4) is 0 Å². The minimum Gasteiger partial charge on any atom is -0.497 e. The molecule has 9 heteroatoms. The minimum atomic E-state index is -1.20. The molecule has 3 aromatic rings. The van der Waals surface area contributed by atoms with Crippen LogP contribution >= 0.6 is 0 Å². The molecule has 0 fully saturated rings. The van der Waals surface area contributed by atoms with E-state index in [1.807, 2.05) is 0 Å². The number of ketones is 1. The van der Waals surface area contributed by atoms with Gasteiger partial charge in [-0.1, -0.05) is 30.3 Å². The number of allylic oxidation sites excluding steroid dienone is 1. The number of carbonyl (C=O) groups excluding carboxylic acids is 2. The molecule has 0 bridgehead atoms. The maximum atomic E-state index is 12.8. The number of benzene rings is 3. The van der Waals surface area contributed by atoms with Gasteiger partial charge in [0.25, 0.3) is 5.91 Å². The summed E-state index contributed by atoms with van der Waals surface area (Å²) in [5.74, 6) is -0.312. The molecule has 184 valence electrons. The first-order valence-corrected chi connectivity index (χ1v) is 10.9. The van der Waals surface area contributed by atoms with Crippen LogP contribution in [-0.4, -0.2) is 43.6 Å². The van der Waals surface area contributed by atoms with Gasteiger partial charge in [0.05, 0.1) is 19.8 Å². The smallest absolute Gasteiger partial charge is 0.330 e. The number of nitrogens with one attached hydrogen (secondary N) is 1. The van der Waals surface area contributed by atoms with Crippen molar-refractivity contribution in [2.75, 3.05) is 20.8 Å². The Hall–Kier alpha value is -4.79. The molecular weight excluding hydrogens is 466 g/mol. The quantitative estimate of drug-likeness (QED) is 0.437. The molecule has 2 N–H and O–H groups in total. The van der Waals surface area contributed by atoms with Crippen molar-refractivity contribution in [3.8, 4) is 23.0 Å². The van der Waals surface area contributed by atoms with Gasteiger partial charge < -0.3 is 29.4 Å². The van der Waals surface area contributed by atoms with E-state index in [-0.39, 0.29) is 23.0 Å². The fourth-order valence-electron chi connectivity index (χ4n) is 3.62. The van der Waals surface area contributed by atoms with Crippen LogP contribution in [0.2, 0.25) is 0 Å². The maximum Gasteiger partial charge on any atom is 0.330 e. The highest BCUT2D eigenvalue weighted by molar-refractivity contribution is 6.14. The lowest BCUT2D eigenvalue weighted by Crippen LogP contribution is -2.36. The predicted octanol–water partition coefficient (Wildman–Crippen LogP) is 3.64. The standard InChI is InChI=1S/C27H23NO8/c1-33-18-9-8-17(21(13-18)34-2)12-23-26(30)20-11-10-19(14-22(20)36-23)35-15-24(29)28-25(27(31)32)16-6-4-3-5-7-16/h3-14,25H,15H2,1-2H3,(H,28,29)(H,31,32)/t25-/m0/s1. The van der Waals surface area contributed by atoms with E-state index in [1.54, 1.807) is 67.8 Å². The van der Waals surface area contributed by atoms with E-state index in [1.165, 1.54) is 19.2 Å². The predicted molar refractivity (Wildman–Crippen MR) is 129 cm³/mol. The summed E-state index contributed by atoms with van der Waals surface area (Å²) in [6.45, 7) is -0.422. The molecule has 0 saturated heterocycles. The van der Waals surface area contributed by atoms with Crippen LogP contribution in [0, 0.1) is 0 Å². The zero-order valence-electron chi connectivity index (χ0n) is 19.5. The lowest BCUT2D eigenvalue weighted by atomic mass is 10.1. The number of fused-ring (bicyclic) bond motifs is 1. The van der Waals surface area contributed by atoms with Gasteiger partial charge in [-0.05, 0) is 35.9 Å². The summed E-state index contributed by atoms with van der Waals surface area (Å²) in [4.78, 5) is 36.7. The summed E-state index contributed by atoms with van der Waals surface area (Å²) in [5, 5.41) is 11.9. The third kappa shape index (κ3) is 5.30. The number of amides is 1. The number of carboxylic acid groups (broad SMARTS) is 1. The number of ether oxygens (including phenoxy) is 4. The Morgan fingerprint density at radius 3 is 2.44 bits per heavy atom. The lowest BCUT2D eigenvalue weighted by Gasteiger charge is -2.15. The Bertz CT molecular complexity index is 1330. The van der Waals surface area contributed by atoms with Crippen molar-refractivity contribution in [3.63, 3.8) is 0 Å². The molecule has 36 heavy (non-hydrogen) atoms. The molecular formula is C27H23NO8. The van der Waals surface area contributed by atoms with Crippen molar-refractivity contribution in [2.45, 2.75) is 6.04 Å². The van der Waals surface area contributed by atoms with Crippen LogP contribution in [0.1, 0.15) is 27.5 Å². The zero-order valence-corrected chi connectivity index (χ0v) is 19.5. The molecule has 1 amide bonds. The molecule has 0 radical (unpaired) electrons. The highest BCUT2D eigenvalue weighted by Crippen LogP contribution is 2.36. The van der Waals surface area contributed by atoms with Crippen LogP contribution in [0.25, 0.3) is 6.08 Å². The van der Waals surface area contributed by atoms with Gasteiger partial charge in [0, 0.05) is 17.7 Å². The summed E-state index contributed by atoms with van der Waals surface area (Å²) in [6.07, 6.45) is 1.57. The first-order chi connectivity index (χ1) is 17.4. The average molecular weight is 489 g/mol. The Labute approximate surface area is 206 Å². The third-order valence-electron chi connectivity index (χ3n) is 5.42. The van der Waals surface area contributed by atoms with Gasteiger partial charge in [0.15, 0.2) is 18.4 Å². The van der Waals surface area contributed by atoms with E-state index in [0.717, 1.165) is 0 Å². The Balaban J connectivity index is 1.43. The van der Waals surface area contributed by atoms with Gasteiger partial charge in [-0.25, -0.2) is 4.79 Å². The topological polar surface area (TPSA) is 120 Å². The van der Waals surface area contributed by atoms with E-state index in [2.05, 4.69) is 5.32 Å². The molecule has 4 rings (SSSR count). The number of carbonyl (C=O) groups is 3. The molecule has 1 aliphatic heterocycles. The zero-order chi connectivity index (χ0) is 25.7. The molecule has 0 aliphatic carbocycles. The van der Waals surface area contributed by atoms with Gasteiger partial charge >= 0.3 is 5.97 Å². The second-order valence-corrected chi connectivity index (χ2v) is 7.74. The van der Waals surface area contributed by atoms with E-state index in [0.29, 0.717) is 28.2 Å². The molecule has 0 unspecified atom stereocenters. The van der Waals surface area contributed by atoms with E-state index in [4.69, 9.17) is 18.9 Å². The van der Waals surface area contributed by atoms with Crippen molar-refractivity contribution < 1.29 is 38.4 Å². The second-order valence-electron chi connectivity index (χ2n) is 7.74. The van der Waals surface area contributed by atoms with Crippen molar-refractivity contribution in [3.05, 3.63) is 89.2 Å². The van der Waals surface area contributed by atoms with Crippen molar-refractivity contribution >= 4 is 23.7 Å². The fourth-order valence-corrected chi connectivity index (χ4v) is 3.62. The Kier molecular flexibility index (Phi) is 7.20. The molecule has 1 heterocycles. The number of carboxylic acids is 1. The molecule has 0 aromatic heterocycles. The number of hydrogen-bond donors (Lipinski definition) is 2. The van der Waals surface area contributed by atoms with Crippen LogP contribution in [0.5, 0.6) is 23.0 Å². The maximum absolute atomic E-state index is 12.8. The first kappa shape index (κ1) is 24.3. The Morgan fingerprint density at radius 2 is 1.75 bits per heavy atom. The SMILES string of the molecule is COc1ccc(C=C2Oc3cc(OCC(=O)N[C@H](C(=O)O)c4ccccc4)ccc3C2=O)c(OC)c1. The minimum absolute atomic E-state index is 0.107. The lowest BCUT2D eigenvalue weighted by molar-refractivity contribution is -0.142. The second kappa shape index (κ2) is 10.6. The molecule has 1 atom stereocenters. The van der Waals surface area contributed by atoms with Crippen LogP contribution in [0.4, 0.5) is 0 Å². The molecule has 1 aliphatic rings. The van der Waals surface area contributed by atoms with Crippen molar-refractivity contribution in [1.82, 2.24) is 5.32 Å². The molecule has 0 spiro atoms. The summed E-state index contributed by atoms with van der Waals surface area (Å²) in [6, 6.07) is 16.9. The number of hydrogen-bond acceptors (Lipinski definition) is 7. The normalized spacial score (nSPS) is 13.9. The summed E-state index contributed by atoms with van der Waals surface area (Å²) < 4.78 is 21.8. The van der Waals surface area contributed by atoms with Gasteiger partial charge in [0.1, 0.15) is 23.0 Å². The van der Waals surface area contributed by atoms with Crippen LogP contribution < -0.4 is 24.3 Å². The highest BCUT2D eigenvalue weighted by atomic mass is 16.5. The van der Waals surface area contributed by atoms with Crippen molar-refractivity contribution in [1.29, 1.82) is 0 Å². The highest BCUT2D eigenvalue weighted by Gasteiger charge is 2.28. The van der Waals surface area contributed by atoms with Gasteiger partial charge in [-0.15, -0.1) is 0 Å². The number of aliphatic carboxylic acids is 1. The number of methoxy groups -OCH3 is 2. The summed E-state index contributed by atoms with van der Waals surface area (Å²) >= 11 is 0. The van der Waals surface area contributed by atoms with Crippen LogP contribution in [0.15, 0.2) is 72.5 Å². The van der Waals surface area contributed by atoms with E-state index >= 15 is 0 Å². The number of rotatable bonds is 9. The van der Waals surface area contributed by atoms with Crippen molar-refractivity contribution in [2.24, 2.45) is 0 Å². The molecule has 3 aromatic carbocycles. The van der Waals surface area contributed by atoms with Gasteiger partial charge in [-0.2, -0.15) is 0 Å². The monoisotopic (exact) mass is 489 g/mol. The third-order valence-corrected chi connectivity index (χ3v) is 5.42. The summed E-state index contributed by atoms with van der Waals surface area (Å²) in [5.41, 5.74) is 1.42. The van der Waals surface area contributed by atoms with Gasteiger partial charge in [0.2, 0.25) is 5.78 Å². The number of Topliss-reactive ketones (excluding diaryl/α,β-unsaturated/α-hetero) is 1. The molecule has 9 nitrogen and oxygen atoms in total. The van der Waals surface area contributed by atoms with E-state index < -0.39 is 24.5 Å².